The Bertz CT molecular complexity index is 673. The third-order valence-corrected chi connectivity index (χ3v) is 4.73. The molecule has 1 fully saturated rings. The number of hydrogen-bond acceptors (Lipinski definition) is 5. The average molecular weight is 322 g/mol. The number of carbonyl (C=O) groups excluding carboxylic acids is 1. The van der Waals surface area contributed by atoms with Gasteiger partial charge in [-0.2, -0.15) is 5.26 Å². The van der Waals surface area contributed by atoms with E-state index >= 15 is 0 Å². The van der Waals surface area contributed by atoms with Gasteiger partial charge in [0.05, 0.1) is 23.5 Å². The standard InChI is InChI=1S/C15H18N2O4S/c16-9-12-5-1-2-6-13(12)11-22(19,20)17-15(18)10-21-14-7-3-4-8-14/h1-2,5-6,14H,3-4,7-8,10-11H2,(H,17,18). The number of carbonyl (C=O) groups is 1. The fraction of sp³-hybridized carbons (Fsp3) is 0.467. The molecular formula is C15H18N2O4S. The molecule has 118 valence electrons. The third-order valence-electron chi connectivity index (χ3n) is 3.51. The van der Waals surface area contributed by atoms with E-state index in [0.29, 0.717) is 5.56 Å². The number of nitrogens with one attached hydrogen (secondary N) is 1. The van der Waals surface area contributed by atoms with E-state index in [0.717, 1.165) is 25.7 Å². The van der Waals surface area contributed by atoms with E-state index in [2.05, 4.69) is 0 Å². The van der Waals surface area contributed by atoms with Crippen LogP contribution in [0.1, 0.15) is 36.8 Å². The molecule has 0 heterocycles. The summed E-state index contributed by atoms with van der Waals surface area (Å²) in [5.41, 5.74) is 0.643. The van der Waals surface area contributed by atoms with Gasteiger partial charge in [0.25, 0.3) is 5.91 Å². The van der Waals surface area contributed by atoms with Crippen LogP contribution in [0.3, 0.4) is 0 Å². The minimum atomic E-state index is -3.84. The first kappa shape index (κ1) is 16.5. The van der Waals surface area contributed by atoms with Crippen molar-refractivity contribution in [3.63, 3.8) is 0 Å². The van der Waals surface area contributed by atoms with Crippen molar-refractivity contribution < 1.29 is 17.9 Å². The van der Waals surface area contributed by atoms with Crippen molar-refractivity contribution >= 4 is 15.9 Å². The minimum absolute atomic E-state index is 0.0489. The second-order valence-electron chi connectivity index (χ2n) is 5.27. The summed E-state index contributed by atoms with van der Waals surface area (Å²) in [7, 11) is -3.84. The van der Waals surface area contributed by atoms with Gasteiger partial charge < -0.3 is 4.74 Å². The maximum absolute atomic E-state index is 12.0. The Morgan fingerprint density at radius 2 is 2.00 bits per heavy atom. The zero-order valence-electron chi connectivity index (χ0n) is 12.1. The summed E-state index contributed by atoms with van der Waals surface area (Å²) in [4.78, 5) is 11.7. The second-order valence-corrected chi connectivity index (χ2v) is 6.99. The van der Waals surface area contributed by atoms with Crippen LogP contribution >= 0.6 is 0 Å². The van der Waals surface area contributed by atoms with Gasteiger partial charge in [-0.3, -0.25) is 9.52 Å². The van der Waals surface area contributed by atoms with Gasteiger partial charge in [-0.1, -0.05) is 31.0 Å². The minimum Gasteiger partial charge on any atom is -0.368 e. The van der Waals surface area contributed by atoms with E-state index < -0.39 is 21.7 Å². The monoisotopic (exact) mass is 322 g/mol. The lowest BCUT2D eigenvalue weighted by molar-refractivity contribution is -0.125. The highest BCUT2D eigenvalue weighted by Crippen LogP contribution is 2.20. The molecule has 0 unspecified atom stereocenters. The van der Waals surface area contributed by atoms with Gasteiger partial charge >= 0.3 is 0 Å². The van der Waals surface area contributed by atoms with E-state index in [1.807, 2.05) is 10.8 Å². The van der Waals surface area contributed by atoms with Crippen LogP contribution in [-0.4, -0.2) is 27.0 Å². The zero-order valence-corrected chi connectivity index (χ0v) is 12.9. The molecule has 1 aromatic rings. The molecule has 0 saturated heterocycles. The predicted octanol–water partition coefficient (Wildman–Crippen LogP) is 1.46. The van der Waals surface area contributed by atoms with E-state index in [-0.39, 0.29) is 18.3 Å². The molecule has 1 aliphatic rings. The number of amides is 1. The fourth-order valence-corrected chi connectivity index (χ4v) is 3.59. The summed E-state index contributed by atoms with van der Waals surface area (Å²) >= 11 is 0. The first-order valence-corrected chi connectivity index (χ1v) is 8.78. The van der Waals surface area contributed by atoms with Crippen molar-refractivity contribution in [2.24, 2.45) is 0 Å². The first-order chi connectivity index (χ1) is 10.5. The van der Waals surface area contributed by atoms with E-state index in [1.54, 1.807) is 18.2 Å². The molecule has 0 aromatic heterocycles. The topological polar surface area (TPSA) is 96.3 Å². The van der Waals surface area contributed by atoms with Gasteiger partial charge in [-0.25, -0.2) is 8.42 Å². The van der Waals surface area contributed by atoms with Crippen LogP contribution in [0, 0.1) is 11.3 Å². The first-order valence-electron chi connectivity index (χ1n) is 7.13. The maximum atomic E-state index is 12.0. The Morgan fingerprint density at radius 1 is 1.32 bits per heavy atom. The number of nitrogens with zero attached hydrogens (tertiary/aromatic N) is 1. The highest BCUT2D eigenvalue weighted by molar-refractivity contribution is 7.89. The third kappa shape index (κ3) is 4.83. The molecule has 0 bridgehead atoms. The SMILES string of the molecule is N#Cc1ccccc1CS(=O)(=O)NC(=O)COC1CCCC1. The molecule has 6 nitrogen and oxygen atoms in total. The number of rotatable bonds is 6. The van der Waals surface area contributed by atoms with Crippen LogP contribution in [0.15, 0.2) is 24.3 Å². The predicted molar refractivity (Wildman–Crippen MR) is 80.1 cm³/mol. The Morgan fingerprint density at radius 3 is 2.68 bits per heavy atom. The lowest BCUT2D eigenvalue weighted by Gasteiger charge is -2.11. The normalized spacial score (nSPS) is 15.4. The molecular weight excluding hydrogens is 304 g/mol. The van der Waals surface area contributed by atoms with Crippen molar-refractivity contribution in [3.8, 4) is 6.07 Å². The number of nitriles is 1. The average Bonchev–Trinajstić information content (AvgIpc) is 2.98. The van der Waals surface area contributed by atoms with E-state index in [9.17, 15) is 13.2 Å². The molecule has 7 heteroatoms. The summed E-state index contributed by atoms with van der Waals surface area (Å²) in [5, 5.41) is 8.95. The molecule has 0 spiro atoms. The van der Waals surface area contributed by atoms with Crippen LogP contribution in [0.25, 0.3) is 0 Å². The quantitative estimate of drug-likeness (QED) is 0.855. The van der Waals surface area contributed by atoms with Crippen molar-refractivity contribution in [2.75, 3.05) is 6.61 Å². The van der Waals surface area contributed by atoms with Crippen molar-refractivity contribution in [1.29, 1.82) is 5.26 Å². The zero-order chi connectivity index (χ0) is 16.0. The van der Waals surface area contributed by atoms with Crippen LogP contribution in [0.5, 0.6) is 0 Å². The van der Waals surface area contributed by atoms with E-state index in [4.69, 9.17) is 10.00 Å². The summed E-state index contributed by atoms with van der Waals surface area (Å²) in [6, 6.07) is 8.33. The van der Waals surface area contributed by atoms with Gasteiger partial charge in [-0.15, -0.1) is 0 Å². The summed E-state index contributed by atoms with van der Waals surface area (Å²) < 4.78 is 31.3. The molecule has 1 aromatic carbocycles. The molecule has 0 atom stereocenters. The molecule has 1 N–H and O–H groups in total. The molecule has 0 radical (unpaired) electrons. The summed E-state index contributed by atoms with van der Waals surface area (Å²) in [6.45, 7) is -0.260. The molecule has 1 saturated carbocycles. The second kappa shape index (κ2) is 7.38. The van der Waals surface area contributed by atoms with Crippen LogP contribution in [0.4, 0.5) is 0 Å². The van der Waals surface area contributed by atoms with Gasteiger partial charge in [0.15, 0.2) is 0 Å². The Labute approximate surface area is 130 Å². The van der Waals surface area contributed by atoms with E-state index in [1.165, 1.54) is 6.07 Å². The van der Waals surface area contributed by atoms with Gasteiger partial charge in [0, 0.05) is 0 Å². The molecule has 1 amide bonds. The van der Waals surface area contributed by atoms with Crippen LogP contribution < -0.4 is 4.72 Å². The van der Waals surface area contributed by atoms with Crippen molar-refractivity contribution in [2.45, 2.75) is 37.5 Å². The summed E-state index contributed by atoms with van der Waals surface area (Å²) in [6.07, 6.45) is 4.03. The fourth-order valence-electron chi connectivity index (χ4n) is 2.45. The van der Waals surface area contributed by atoms with Gasteiger partial charge in [0.2, 0.25) is 10.0 Å². The lowest BCUT2D eigenvalue weighted by Crippen LogP contribution is -2.35. The maximum Gasteiger partial charge on any atom is 0.259 e. The molecule has 0 aliphatic heterocycles. The Hall–Kier alpha value is -1.91. The lowest BCUT2D eigenvalue weighted by atomic mass is 10.1. The number of ether oxygens (including phenoxy) is 1. The van der Waals surface area contributed by atoms with Gasteiger partial charge in [-0.05, 0) is 24.5 Å². The highest BCUT2D eigenvalue weighted by atomic mass is 32.2. The number of hydrogen-bond donors (Lipinski definition) is 1. The number of benzene rings is 1. The van der Waals surface area contributed by atoms with Crippen LogP contribution in [0.2, 0.25) is 0 Å². The molecule has 2 rings (SSSR count). The number of sulfonamides is 1. The molecule has 22 heavy (non-hydrogen) atoms. The smallest absolute Gasteiger partial charge is 0.259 e. The Kier molecular flexibility index (Phi) is 5.52. The van der Waals surface area contributed by atoms with Crippen LogP contribution in [-0.2, 0) is 25.3 Å². The highest BCUT2D eigenvalue weighted by Gasteiger charge is 2.20. The van der Waals surface area contributed by atoms with Crippen molar-refractivity contribution in [1.82, 2.24) is 4.72 Å². The Balaban J connectivity index is 1.90. The largest absolute Gasteiger partial charge is 0.368 e. The van der Waals surface area contributed by atoms with Gasteiger partial charge in [0.1, 0.15) is 6.61 Å². The van der Waals surface area contributed by atoms with Crippen molar-refractivity contribution in [3.05, 3.63) is 35.4 Å². The molecule has 1 aliphatic carbocycles. The summed E-state index contributed by atoms with van der Waals surface area (Å²) in [5.74, 6) is -1.09.